The second-order valence-electron chi connectivity index (χ2n) is 4.56. The van der Waals surface area contributed by atoms with Crippen LogP contribution in [-0.4, -0.2) is 24.3 Å². The molecule has 0 saturated carbocycles. The first-order valence-corrected chi connectivity index (χ1v) is 6.26. The molecule has 0 rings (SSSR count). The zero-order valence-electron chi connectivity index (χ0n) is 8.86. The summed E-state index contributed by atoms with van der Waals surface area (Å²) in [6, 6.07) is 0. The van der Waals surface area contributed by atoms with Gasteiger partial charge in [0.1, 0.15) is 0 Å². The van der Waals surface area contributed by atoms with Crippen LogP contribution in [0.25, 0.3) is 0 Å². The SMILES string of the molecule is CP(C)C(C)(C)OC(C)(C)C. The highest BCUT2D eigenvalue weighted by Crippen LogP contribution is 2.45. The average molecular weight is 176 g/mol. The van der Waals surface area contributed by atoms with E-state index in [0.29, 0.717) is 0 Å². The molecule has 0 saturated heterocycles. The Morgan fingerprint density at radius 1 is 0.909 bits per heavy atom. The van der Waals surface area contributed by atoms with E-state index in [1.807, 2.05) is 0 Å². The third-order valence-electron chi connectivity index (χ3n) is 1.63. The van der Waals surface area contributed by atoms with Gasteiger partial charge in [0, 0.05) is 0 Å². The molecule has 0 bridgehead atoms. The Hall–Kier alpha value is 0.390. The van der Waals surface area contributed by atoms with Crippen molar-refractivity contribution in [3.8, 4) is 0 Å². The van der Waals surface area contributed by atoms with E-state index in [0.717, 1.165) is 0 Å². The minimum absolute atomic E-state index is 0.0178. The molecular formula is C9H21OP. The minimum atomic E-state index is -0.0303. The minimum Gasteiger partial charge on any atom is -0.366 e. The van der Waals surface area contributed by atoms with E-state index < -0.39 is 0 Å². The summed E-state index contributed by atoms with van der Waals surface area (Å²) in [6.07, 6.45) is 0. The molecule has 0 aliphatic heterocycles. The lowest BCUT2D eigenvalue weighted by molar-refractivity contribution is -0.0649. The van der Waals surface area contributed by atoms with Crippen LogP contribution in [0.5, 0.6) is 0 Å². The Morgan fingerprint density at radius 3 is 1.36 bits per heavy atom. The van der Waals surface area contributed by atoms with Gasteiger partial charge in [-0.1, -0.05) is 7.92 Å². The Morgan fingerprint density at radius 2 is 1.27 bits per heavy atom. The average Bonchev–Trinajstić information content (AvgIpc) is 1.56. The number of ether oxygens (including phenoxy) is 1. The molecule has 68 valence electrons. The maximum atomic E-state index is 5.92. The second kappa shape index (κ2) is 3.41. The summed E-state index contributed by atoms with van der Waals surface area (Å²) in [4.78, 5) is 0. The van der Waals surface area contributed by atoms with Crippen molar-refractivity contribution in [2.24, 2.45) is 0 Å². The van der Waals surface area contributed by atoms with E-state index in [1.165, 1.54) is 0 Å². The van der Waals surface area contributed by atoms with Gasteiger partial charge in [-0.2, -0.15) is 0 Å². The van der Waals surface area contributed by atoms with Gasteiger partial charge in [0.25, 0.3) is 0 Å². The van der Waals surface area contributed by atoms with Crippen LogP contribution in [0.15, 0.2) is 0 Å². The lowest BCUT2D eigenvalue weighted by atomic mass is 10.2. The third-order valence-corrected chi connectivity index (χ3v) is 3.88. The van der Waals surface area contributed by atoms with Crippen molar-refractivity contribution < 1.29 is 4.74 Å². The number of hydrogen-bond donors (Lipinski definition) is 0. The van der Waals surface area contributed by atoms with Crippen LogP contribution >= 0.6 is 7.92 Å². The maximum absolute atomic E-state index is 5.92. The molecule has 0 aromatic carbocycles. The monoisotopic (exact) mass is 176 g/mol. The van der Waals surface area contributed by atoms with E-state index in [4.69, 9.17) is 4.74 Å². The first-order valence-electron chi connectivity index (χ1n) is 4.03. The summed E-state index contributed by atoms with van der Waals surface area (Å²) >= 11 is 0. The molecule has 0 unspecified atom stereocenters. The van der Waals surface area contributed by atoms with Crippen molar-refractivity contribution in [3.05, 3.63) is 0 Å². The molecule has 0 N–H and O–H groups in total. The standard InChI is InChI=1S/C9H21OP/c1-8(2,3)10-9(4,5)11(6)7/h1-7H3. The van der Waals surface area contributed by atoms with Gasteiger partial charge in [-0.25, -0.2) is 0 Å². The fourth-order valence-corrected chi connectivity index (χ4v) is 1.30. The molecule has 0 aromatic rings. The highest BCUT2D eigenvalue weighted by molar-refractivity contribution is 7.57. The molecule has 0 radical (unpaired) electrons. The fraction of sp³-hybridized carbons (Fsp3) is 1.00. The van der Waals surface area contributed by atoms with Crippen LogP contribution in [0.3, 0.4) is 0 Å². The molecular weight excluding hydrogens is 155 g/mol. The van der Waals surface area contributed by atoms with Crippen molar-refractivity contribution in [2.75, 3.05) is 13.3 Å². The molecule has 2 heteroatoms. The van der Waals surface area contributed by atoms with E-state index in [2.05, 4.69) is 47.9 Å². The van der Waals surface area contributed by atoms with E-state index in [-0.39, 0.29) is 18.9 Å². The molecule has 0 amide bonds. The van der Waals surface area contributed by atoms with Gasteiger partial charge in [0.05, 0.1) is 10.9 Å². The van der Waals surface area contributed by atoms with Crippen LogP contribution in [0, 0.1) is 0 Å². The van der Waals surface area contributed by atoms with Crippen molar-refractivity contribution in [1.82, 2.24) is 0 Å². The molecule has 0 spiro atoms. The van der Waals surface area contributed by atoms with Gasteiger partial charge in [0.15, 0.2) is 0 Å². The maximum Gasteiger partial charge on any atom is 0.0815 e. The van der Waals surface area contributed by atoms with Gasteiger partial charge in [0.2, 0.25) is 0 Å². The Labute approximate surface area is 72.3 Å². The number of hydrogen-bond acceptors (Lipinski definition) is 1. The summed E-state index contributed by atoms with van der Waals surface area (Å²) in [7, 11) is -0.0303. The first-order chi connectivity index (χ1) is 4.65. The largest absolute Gasteiger partial charge is 0.366 e. The molecule has 1 nitrogen and oxygen atoms in total. The molecule has 0 aliphatic rings. The fourth-order valence-electron chi connectivity index (χ4n) is 0.841. The highest BCUT2D eigenvalue weighted by Gasteiger charge is 2.28. The molecule has 0 aliphatic carbocycles. The summed E-state index contributed by atoms with van der Waals surface area (Å²) in [5, 5.41) is 0.0492. The highest BCUT2D eigenvalue weighted by atomic mass is 31.1. The van der Waals surface area contributed by atoms with Gasteiger partial charge in [-0.3, -0.25) is 0 Å². The van der Waals surface area contributed by atoms with Gasteiger partial charge >= 0.3 is 0 Å². The Bertz CT molecular complexity index is 122. The predicted molar refractivity (Wildman–Crippen MR) is 53.7 cm³/mol. The molecule has 0 heterocycles. The van der Waals surface area contributed by atoms with Crippen LogP contribution in [0.1, 0.15) is 34.6 Å². The van der Waals surface area contributed by atoms with Gasteiger partial charge < -0.3 is 4.74 Å². The second-order valence-corrected chi connectivity index (χ2v) is 7.42. The van der Waals surface area contributed by atoms with Crippen LogP contribution in [0.4, 0.5) is 0 Å². The van der Waals surface area contributed by atoms with E-state index >= 15 is 0 Å². The van der Waals surface area contributed by atoms with Crippen LogP contribution in [0.2, 0.25) is 0 Å². The lowest BCUT2D eigenvalue weighted by Gasteiger charge is -2.36. The van der Waals surface area contributed by atoms with Gasteiger partial charge in [-0.15, -0.1) is 0 Å². The predicted octanol–water partition coefficient (Wildman–Crippen LogP) is 3.28. The smallest absolute Gasteiger partial charge is 0.0815 e. The van der Waals surface area contributed by atoms with Crippen LogP contribution in [-0.2, 0) is 4.74 Å². The first kappa shape index (κ1) is 11.4. The summed E-state index contributed by atoms with van der Waals surface area (Å²) in [6.45, 7) is 15.2. The summed E-state index contributed by atoms with van der Waals surface area (Å²) < 4.78 is 5.92. The zero-order valence-corrected chi connectivity index (χ0v) is 9.75. The summed E-state index contributed by atoms with van der Waals surface area (Å²) in [5.41, 5.74) is -0.0178. The molecule has 0 fully saturated rings. The third kappa shape index (κ3) is 4.76. The van der Waals surface area contributed by atoms with E-state index in [1.54, 1.807) is 0 Å². The molecule has 0 aromatic heterocycles. The Kier molecular flexibility index (Phi) is 3.53. The lowest BCUT2D eigenvalue weighted by Crippen LogP contribution is -2.32. The number of rotatable bonds is 2. The van der Waals surface area contributed by atoms with Crippen molar-refractivity contribution in [2.45, 2.75) is 45.6 Å². The quantitative estimate of drug-likeness (QED) is 0.587. The van der Waals surface area contributed by atoms with Crippen molar-refractivity contribution in [3.63, 3.8) is 0 Å². The molecule has 11 heavy (non-hydrogen) atoms. The van der Waals surface area contributed by atoms with Crippen LogP contribution < -0.4 is 0 Å². The van der Waals surface area contributed by atoms with Gasteiger partial charge in [-0.05, 0) is 47.9 Å². The topological polar surface area (TPSA) is 9.23 Å². The zero-order chi connectivity index (χ0) is 9.28. The van der Waals surface area contributed by atoms with Crippen molar-refractivity contribution in [1.29, 1.82) is 0 Å². The normalized spacial score (nSPS) is 14.2. The van der Waals surface area contributed by atoms with Crippen molar-refractivity contribution >= 4 is 7.92 Å². The van der Waals surface area contributed by atoms with E-state index in [9.17, 15) is 0 Å². The summed E-state index contributed by atoms with van der Waals surface area (Å²) in [5.74, 6) is 0. The Balaban J connectivity index is 4.13. The molecule has 0 atom stereocenters.